The molecule has 0 atom stereocenters. The summed E-state index contributed by atoms with van der Waals surface area (Å²) in [6.45, 7) is 9.89. The van der Waals surface area contributed by atoms with Crippen LogP contribution in [0.4, 0.5) is 10.1 Å². The molecule has 0 saturated heterocycles. The van der Waals surface area contributed by atoms with E-state index in [0.717, 1.165) is 11.8 Å². The van der Waals surface area contributed by atoms with Crippen molar-refractivity contribution in [1.29, 1.82) is 0 Å². The summed E-state index contributed by atoms with van der Waals surface area (Å²) in [5.74, 6) is -1.17. The number of carbonyl (C=O) groups excluding carboxylic acids is 1. The summed E-state index contributed by atoms with van der Waals surface area (Å²) in [5, 5.41) is 11.5. The summed E-state index contributed by atoms with van der Waals surface area (Å²) in [5.41, 5.74) is 1.61. The van der Waals surface area contributed by atoms with Crippen LogP contribution >= 0.6 is 0 Å². The quantitative estimate of drug-likeness (QED) is 0.764. The normalized spacial score (nSPS) is 11.4. The van der Waals surface area contributed by atoms with Gasteiger partial charge in [0.25, 0.3) is 5.91 Å². The average Bonchev–Trinajstić information content (AvgIpc) is 2.90. The number of anilines is 1. The Hall–Kier alpha value is -3.03. The highest BCUT2D eigenvalue weighted by atomic mass is 19.1. The van der Waals surface area contributed by atoms with Gasteiger partial charge in [0.05, 0.1) is 28.0 Å². The van der Waals surface area contributed by atoms with Crippen LogP contribution in [0.5, 0.6) is 0 Å². The van der Waals surface area contributed by atoms with Crippen LogP contribution in [-0.4, -0.2) is 25.5 Å². The zero-order chi connectivity index (χ0) is 19.9. The summed E-state index contributed by atoms with van der Waals surface area (Å²) in [6, 6.07) is 4.02. The lowest BCUT2D eigenvalue weighted by molar-refractivity contribution is 0.101. The third-order valence-corrected chi connectivity index (χ3v) is 4.48. The van der Waals surface area contributed by atoms with Gasteiger partial charge < -0.3 is 5.32 Å². The largest absolute Gasteiger partial charge is 0.317 e. The van der Waals surface area contributed by atoms with Gasteiger partial charge >= 0.3 is 0 Å². The lowest BCUT2D eigenvalue weighted by Gasteiger charge is -2.11. The lowest BCUT2D eigenvalue weighted by Crippen LogP contribution is -2.27. The zero-order valence-electron chi connectivity index (χ0n) is 16.0. The van der Waals surface area contributed by atoms with Crippen molar-refractivity contribution < 1.29 is 9.18 Å². The molecule has 3 aromatic rings. The predicted octanol–water partition coefficient (Wildman–Crippen LogP) is 3.20. The SMILES string of the molecule is CCn1nc(C(=O)Nc2c(C)nn(C(C)C)c2C)c(=O)c2cc(F)ccc21. The van der Waals surface area contributed by atoms with Crippen molar-refractivity contribution in [3.63, 3.8) is 0 Å². The fourth-order valence-electron chi connectivity index (χ4n) is 3.17. The molecule has 1 amide bonds. The number of aryl methyl sites for hydroxylation is 2. The maximum absolute atomic E-state index is 13.6. The van der Waals surface area contributed by atoms with Crippen molar-refractivity contribution in [2.75, 3.05) is 5.32 Å². The standard InChI is InChI=1S/C19H22FN5O2/c1-6-24-15-8-7-13(20)9-14(15)18(26)17(23-24)19(27)21-16-11(4)22-25(10(2)3)12(16)5/h7-10H,6H2,1-5H3,(H,21,27). The van der Waals surface area contributed by atoms with Gasteiger partial charge in [-0.1, -0.05) is 0 Å². The van der Waals surface area contributed by atoms with Crippen LogP contribution < -0.4 is 10.7 Å². The highest BCUT2D eigenvalue weighted by Crippen LogP contribution is 2.23. The number of fused-ring (bicyclic) bond motifs is 1. The van der Waals surface area contributed by atoms with Crippen molar-refractivity contribution in [3.8, 4) is 0 Å². The van der Waals surface area contributed by atoms with Crippen LogP contribution in [0.1, 0.15) is 48.7 Å². The smallest absolute Gasteiger partial charge is 0.280 e. The Labute approximate surface area is 155 Å². The second kappa shape index (κ2) is 6.94. The summed E-state index contributed by atoms with van der Waals surface area (Å²) >= 11 is 0. The van der Waals surface area contributed by atoms with E-state index in [0.29, 0.717) is 23.4 Å². The molecule has 0 spiro atoms. The van der Waals surface area contributed by atoms with E-state index in [2.05, 4.69) is 15.5 Å². The summed E-state index contributed by atoms with van der Waals surface area (Å²) in [7, 11) is 0. The molecule has 0 unspecified atom stereocenters. The Balaban J connectivity index is 2.09. The number of hydrogen-bond acceptors (Lipinski definition) is 4. The maximum atomic E-state index is 13.6. The predicted molar refractivity (Wildman–Crippen MR) is 102 cm³/mol. The minimum Gasteiger partial charge on any atom is -0.317 e. The molecule has 0 aliphatic heterocycles. The average molecular weight is 371 g/mol. The third kappa shape index (κ3) is 3.22. The highest BCUT2D eigenvalue weighted by molar-refractivity contribution is 6.04. The van der Waals surface area contributed by atoms with Crippen molar-refractivity contribution in [3.05, 3.63) is 51.3 Å². The topological polar surface area (TPSA) is 81.8 Å². The Morgan fingerprint density at radius 3 is 2.56 bits per heavy atom. The molecule has 0 fully saturated rings. The van der Waals surface area contributed by atoms with Gasteiger partial charge in [-0.05, 0) is 52.8 Å². The van der Waals surface area contributed by atoms with Crippen molar-refractivity contribution in [2.24, 2.45) is 0 Å². The van der Waals surface area contributed by atoms with Gasteiger partial charge in [-0.2, -0.15) is 10.2 Å². The second-order valence-corrected chi connectivity index (χ2v) is 6.69. The van der Waals surface area contributed by atoms with Crippen molar-refractivity contribution >= 4 is 22.5 Å². The molecule has 142 valence electrons. The van der Waals surface area contributed by atoms with Gasteiger partial charge in [0.2, 0.25) is 5.43 Å². The molecule has 1 aromatic carbocycles. The van der Waals surface area contributed by atoms with E-state index in [4.69, 9.17) is 0 Å². The number of carbonyl (C=O) groups is 1. The molecule has 0 bridgehead atoms. The summed E-state index contributed by atoms with van der Waals surface area (Å²) < 4.78 is 17.0. The molecule has 2 heterocycles. The molecule has 7 nitrogen and oxygen atoms in total. The molecular formula is C19H22FN5O2. The first-order valence-corrected chi connectivity index (χ1v) is 8.82. The first kappa shape index (κ1) is 18.8. The highest BCUT2D eigenvalue weighted by Gasteiger charge is 2.21. The third-order valence-electron chi connectivity index (χ3n) is 4.48. The molecule has 2 aromatic heterocycles. The molecule has 0 saturated carbocycles. The van der Waals surface area contributed by atoms with E-state index in [1.54, 1.807) is 11.6 Å². The van der Waals surface area contributed by atoms with Gasteiger partial charge in [0, 0.05) is 12.6 Å². The van der Waals surface area contributed by atoms with Crippen LogP contribution in [0.2, 0.25) is 0 Å². The fourth-order valence-corrected chi connectivity index (χ4v) is 3.17. The molecule has 0 aliphatic rings. The maximum Gasteiger partial charge on any atom is 0.280 e. The molecule has 1 N–H and O–H groups in total. The summed E-state index contributed by atoms with van der Waals surface area (Å²) in [4.78, 5) is 25.5. The van der Waals surface area contributed by atoms with E-state index in [1.807, 2.05) is 27.7 Å². The zero-order valence-corrected chi connectivity index (χ0v) is 16.0. The van der Waals surface area contributed by atoms with E-state index in [9.17, 15) is 14.0 Å². The molecular weight excluding hydrogens is 349 g/mol. The molecule has 8 heteroatoms. The van der Waals surface area contributed by atoms with E-state index in [-0.39, 0.29) is 17.1 Å². The molecule has 3 rings (SSSR count). The second-order valence-electron chi connectivity index (χ2n) is 6.69. The van der Waals surface area contributed by atoms with E-state index in [1.165, 1.54) is 16.8 Å². The van der Waals surface area contributed by atoms with Crippen molar-refractivity contribution in [2.45, 2.75) is 47.2 Å². The number of amides is 1. The number of halogens is 1. The van der Waals surface area contributed by atoms with Crippen LogP contribution in [-0.2, 0) is 6.54 Å². The van der Waals surface area contributed by atoms with Crippen LogP contribution in [0.3, 0.4) is 0 Å². The number of rotatable bonds is 4. The Bertz CT molecular complexity index is 1100. The minimum absolute atomic E-state index is 0.128. The molecule has 27 heavy (non-hydrogen) atoms. The van der Waals surface area contributed by atoms with Crippen LogP contribution in [0.25, 0.3) is 10.9 Å². The van der Waals surface area contributed by atoms with Crippen LogP contribution in [0.15, 0.2) is 23.0 Å². The van der Waals surface area contributed by atoms with E-state index < -0.39 is 17.2 Å². The molecule has 0 aliphatic carbocycles. The monoisotopic (exact) mass is 371 g/mol. The molecule has 0 radical (unpaired) electrons. The Kier molecular flexibility index (Phi) is 4.82. The number of benzene rings is 1. The number of hydrogen-bond donors (Lipinski definition) is 1. The van der Waals surface area contributed by atoms with E-state index >= 15 is 0 Å². The number of nitrogens with one attached hydrogen (secondary N) is 1. The Morgan fingerprint density at radius 1 is 1.26 bits per heavy atom. The van der Waals surface area contributed by atoms with Gasteiger partial charge in [-0.15, -0.1) is 0 Å². The van der Waals surface area contributed by atoms with Crippen LogP contribution in [0, 0.1) is 19.7 Å². The minimum atomic E-state index is -0.636. The Morgan fingerprint density at radius 2 is 1.96 bits per heavy atom. The fraction of sp³-hybridized carbons (Fsp3) is 0.368. The summed E-state index contributed by atoms with van der Waals surface area (Å²) in [6.07, 6.45) is 0. The van der Waals surface area contributed by atoms with Gasteiger partial charge in [-0.25, -0.2) is 4.39 Å². The first-order chi connectivity index (χ1) is 12.7. The van der Waals surface area contributed by atoms with Gasteiger partial charge in [0.15, 0.2) is 5.69 Å². The van der Waals surface area contributed by atoms with Gasteiger partial charge in [0.1, 0.15) is 5.82 Å². The number of aromatic nitrogens is 4. The first-order valence-electron chi connectivity index (χ1n) is 8.82. The lowest BCUT2D eigenvalue weighted by atomic mass is 10.2. The van der Waals surface area contributed by atoms with Crippen molar-refractivity contribution in [1.82, 2.24) is 19.6 Å². The number of nitrogens with zero attached hydrogens (tertiary/aromatic N) is 4. The van der Waals surface area contributed by atoms with Gasteiger partial charge in [-0.3, -0.25) is 19.0 Å².